The zero-order chi connectivity index (χ0) is 14.4. The zero-order valence-corrected chi connectivity index (χ0v) is 12.2. The summed E-state index contributed by atoms with van der Waals surface area (Å²) in [7, 11) is 0. The molecule has 6 heteroatoms. The van der Waals surface area contributed by atoms with Crippen LogP contribution in [0.4, 0.5) is 0 Å². The van der Waals surface area contributed by atoms with Gasteiger partial charge in [0.1, 0.15) is 0 Å². The molecule has 0 bridgehead atoms. The molecule has 0 fully saturated rings. The fourth-order valence-electron chi connectivity index (χ4n) is 1.54. The highest BCUT2D eigenvalue weighted by molar-refractivity contribution is 6.34. The summed E-state index contributed by atoms with van der Waals surface area (Å²) in [6.45, 7) is 1.96. The van der Waals surface area contributed by atoms with E-state index in [1.54, 1.807) is 18.2 Å². The number of benzene rings is 1. The topological polar surface area (TPSA) is 75.4 Å². The predicted octanol–water partition coefficient (Wildman–Crippen LogP) is 2.27. The van der Waals surface area contributed by atoms with Crippen molar-refractivity contribution in [2.45, 2.75) is 31.9 Å². The third-order valence-corrected chi connectivity index (χ3v) is 3.03. The van der Waals surface area contributed by atoms with Crippen molar-refractivity contribution < 1.29 is 9.90 Å². The minimum atomic E-state index is -0.838. The molecule has 1 aromatic rings. The van der Waals surface area contributed by atoms with Crippen LogP contribution in [0.2, 0.25) is 10.0 Å². The zero-order valence-electron chi connectivity index (χ0n) is 10.7. The van der Waals surface area contributed by atoms with Gasteiger partial charge in [0, 0.05) is 29.1 Å². The summed E-state index contributed by atoms with van der Waals surface area (Å²) in [5, 5.41) is 13.5. The van der Waals surface area contributed by atoms with Gasteiger partial charge in [-0.25, -0.2) is 0 Å². The number of carbonyl (C=O) groups is 1. The number of carbonyl (C=O) groups excluding carboxylic acids is 1. The lowest BCUT2D eigenvalue weighted by atomic mass is 10.1. The van der Waals surface area contributed by atoms with E-state index < -0.39 is 6.10 Å². The molecule has 0 spiro atoms. The van der Waals surface area contributed by atoms with Gasteiger partial charge in [-0.3, -0.25) is 4.79 Å². The number of rotatable bonds is 6. The van der Waals surface area contributed by atoms with Crippen LogP contribution in [-0.2, 0) is 4.79 Å². The molecule has 1 rings (SSSR count). The number of aliphatic hydroxyl groups excluding tert-OH is 1. The van der Waals surface area contributed by atoms with E-state index in [4.69, 9.17) is 28.9 Å². The molecule has 0 aromatic heterocycles. The van der Waals surface area contributed by atoms with E-state index in [0.717, 1.165) is 0 Å². The molecule has 0 aliphatic rings. The molecule has 106 valence electrons. The second-order valence-electron chi connectivity index (χ2n) is 4.54. The minimum Gasteiger partial charge on any atom is -0.387 e. The summed E-state index contributed by atoms with van der Waals surface area (Å²) in [4.78, 5) is 11.5. The van der Waals surface area contributed by atoms with E-state index in [9.17, 15) is 9.90 Å². The lowest BCUT2D eigenvalue weighted by Gasteiger charge is -2.13. The minimum absolute atomic E-state index is 0.0117. The number of halogens is 2. The number of hydrogen-bond donors (Lipinski definition) is 3. The van der Waals surface area contributed by atoms with Gasteiger partial charge < -0.3 is 16.2 Å². The van der Waals surface area contributed by atoms with Gasteiger partial charge in [0.15, 0.2) is 0 Å². The molecular formula is C13H18Cl2N2O2. The van der Waals surface area contributed by atoms with Crippen LogP contribution in [0, 0.1) is 0 Å². The van der Waals surface area contributed by atoms with Crippen LogP contribution in [0.3, 0.4) is 0 Å². The van der Waals surface area contributed by atoms with Gasteiger partial charge in [-0.15, -0.1) is 0 Å². The predicted molar refractivity (Wildman–Crippen MR) is 77.3 cm³/mol. The van der Waals surface area contributed by atoms with Crippen molar-refractivity contribution in [2.75, 3.05) is 6.54 Å². The van der Waals surface area contributed by atoms with Gasteiger partial charge in [-0.2, -0.15) is 0 Å². The average Bonchev–Trinajstić information content (AvgIpc) is 2.32. The van der Waals surface area contributed by atoms with Crippen LogP contribution < -0.4 is 11.1 Å². The molecule has 1 aromatic carbocycles. The molecule has 0 aliphatic heterocycles. The molecule has 19 heavy (non-hydrogen) atoms. The standard InChI is InChI=1S/C13H18Cl2N2O2/c1-8(16)2-3-13(19)17-7-12(18)9-4-10(14)6-11(15)5-9/h4-6,8,12,18H,2-3,7,16H2,1H3,(H,17,19). The lowest BCUT2D eigenvalue weighted by molar-refractivity contribution is -0.121. The number of hydrogen-bond acceptors (Lipinski definition) is 3. The second kappa shape index (κ2) is 7.70. The Balaban J connectivity index is 2.46. The fraction of sp³-hybridized carbons (Fsp3) is 0.462. The molecule has 0 saturated carbocycles. The van der Waals surface area contributed by atoms with Crippen molar-refractivity contribution >= 4 is 29.1 Å². The van der Waals surface area contributed by atoms with Crippen LogP contribution >= 0.6 is 23.2 Å². The number of amides is 1. The Morgan fingerprint density at radius 2 is 1.95 bits per heavy atom. The smallest absolute Gasteiger partial charge is 0.220 e. The largest absolute Gasteiger partial charge is 0.387 e. The highest BCUT2D eigenvalue weighted by Crippen LogP contribution is 2.23. The second-order valence-corrected chi connectivity index (χ2v) is 5.41. The van der Waals surface area contributed by atoms with E-state index in [0.29, 0.717) is 28.5 Å². The van der Waals surface area contributed by atoms with E-state index in [1.165, 1.54) is 0 Å². The van der Waals surface area contributed by atoms with E-state index >= 15 is 0 Å². The molecule has 2 unspecified atom stereocenters. The first kappa shape index (κ1) is 16.2. The van der Waals surface area contributed by atoms with Gasteiger partial charge in [-0.05, 0) is 37.1 Å². The Morgan fingerprint density at radius 1 is 1.37 bits per heavy atom. The Labute approximate surface area is 122 Å². The van der Waals surface area contributed by atoms with Crippen LogP contribution in [0.5, 0.6) is 0 Å². The van der Waals surface area contributed by atoms with Gasteiger partial charge in [0.25, 0.3) is 0 Å². The Kier molecular flexibility index (Phi) is 6.58. The summed E-state index contributed by atoms with van der Waals surface area (Å²) in [6.07, 6.45) is 0.126. The SMILES string of the molecule is CC(N)CCC(=O)NCC(O)c1cc(Cl)cc(Cl)c1. The molecule has 2 atom stereocenters. The third-order valence-electron chi connectivity index (χ3n) is 2.59. The van der Waals surface area contributed by atoms with Crippen LogP contribution in [0.25, 0.3) is 0 Å². The van der Waals surface area contributed by atoms with Crippen molar-refractivity contribution in [3.05, 3.63) is 33.8 Å². The average molecular weight is 305 g/mol. The first-order chi connectivity index (χ1) is 8.88. The summed E-state index contributed by atoms with van der Waals surface area (Å²) >= 11 is 11.7. The molecule has 4 N–H and O–H groups in total. The van der Waals surface area contributed by atoms with Gasteiger partial charge in [0.2, 0.25) is 5.91 Å². The number of aliphatic hydroxyl groups is 1. The van der Waals surface area contributed by atoms with E-state index in [2.05, 4.69) is 5.32 Å². The molecular weight excluding hydrogens is 287 g/mol. The molecule has 4 nitrogen and oxygen atoms in total. The monoisotopic (exact) mass is 304 g/mol. The normalized spacial score (nSPS) is 13.9. The van der Waals surface area contributed by atoms with Crippen molar-refractivity contribution in [1.29, 1.82) is 0 Å². The first-order valence-corrected chi connectivity index (χ1v) is 6.80. The van der Waals surface area contributed by atoms with Crippen molar-refractivity contribution in [3.63, 3.8) is 0 Å². The third kappa shape index (κ3) is 6.25. The number of nitrogens with two attached hydrogens (primary N) is 1. The Bertz CT molecular complexity index is 418. The lowest BCUT2D eigenvalue weighted by Crippen LogP contribution is -2.29. The maximum Gasteiger partial charge on any atom is 0.220 e. The number of nitrogens with one attached hydrogen (secondary N) is 1. The van der Waals surface area contributed by atoms with Gasteiger partial charge in [0.05, 0.1) is 6.10 Å². The maximum absolute atomic E-state index is 11.5. The van der Waals surface area contributed by atoms with Gasteiger partial charge in [-0.1, -0.05) is 23.2 Å². The summed E-state index contributed by atoms with van der Waals surface area (Å²) in [5.41, 5.74) is 6.14. The van der Waals surface area contributed by atoms with Crippen LogP contribution in [0.15, 0.2) is 18.2 Å². The maximum atomic E-state index is 11.5. The van der Waals surface area contributed by atoms with E-state index in [-0.39, 0.29) is 18.5 Å². The molecule has 0 saturated heterocycles. The van der Waals surface area contributed by atoms with Crippen molar-refractivity contribution in [1.82, 2.24) is 5.32 Å². The van der Waals surface area contributed by atoms with E-state index in [1.807, 2.05) is 6.92 Å². The Morgan fingerprint density at radius 3 is 2.47 bits per heavy atom. The Hall–Kier alpha value is -0.810. The molecule has 0 aliphatic carbocycles. The summed E-state index contributed by atoms with van der Waals surface area (Å²) in [5.74, 6) is -0.135. The van der Waals surface area contributed by atoms with Gasteiger partial charge >= 0.3 is 0 Å². The molecule has 0 heterocycles. The molecule has 0 radical (unpaired) electrons. The highest BCUT2D eigenvalue weighted by atomic mass is 35.5. The first-order valence-electron chi connectivity index (χ1n) is 6.05. The summed E-state index contributed by atoms with van der Waals surface area (Å²) < 4.78 is 0. The van der Waals surface area contributed by atoms with Crippen LogP contribution in [0.1, 0.15) is 31.4 Å². The van der Waals surface area contributed by atoms with Crippen molar-refractivity contribution in [2.24, 2.45) is 5.73 Å². The van der Waals surface area contributed by atoms with Crippen LogP contribution in [-0.4, -0.2) is 23.6 Å². The molecule has 1 amide bonds. The quantitative estimate of drug-likeness (QED) is 0.754. The summed E-state index contributed by atoms with van der Waals surface area (Å²) in [6, 6.07) is 4.81. The van der Waals surface area contributed by atoms with Crippen molar-refractivity contribution in [3.8, 4) is 0 Å². The fourth-order valence-corrected chi connectivity index (χ4v) is 2.09. The highest BCUT2D eigenvalue weighted by Gasteiger charge is 2.11.